The van der Waals surface area contributed by atoms with Gasteiger partial charge in [-0.05, 0) is 84.6 Å². The van der Waals surface area contributed by atoms with Crippen LogP contribution in [0.2, 0.25) is 0 Å². The van der Waals surface area contributed by atoms with Crippen LogP contribution in [0.3, 0.4) is 0 Å². The summed E-state index contributed by atoms with van der Waals surface area (Å²) in [4.78, 5) is 15.2. The third-order valence-corrected chi connectivity index (χ3v) is 9.98. The van der Waals surface area contributed by atoms with E-state index in [0.29, 0.717) is 5.92 Å². The van der Waals surface area contributed by atoms with Gasteiger partial charge in [-0.2, -0.15) is 0 Å². The van der Waals surface area contributed by atoms with Crippen LogP contribution in [-0.2, 0) is 9.47 Å². The van der Waals surface area contributed by atoms with E-state index in [-0.39, 0.29) is 22.3 Å². The van der Waals surface area contributed by atoms with Crippen LogP contribution in [0, 0.1) is 5.92 Å². The quantitative estimate of drug-likeness (QED) is 0.442. The van der Waals surface area contributed by atoms with Crippen molar-refractivity contribution in [2.24, 2.45) is 5.92 Å². The van der Waals surface area contributed by atoms with Gasteiger partial charge in [0.05, 0.1) is 16.2 Å². The minimum Gasteiger partial charge on any atom is -0.444 e. The van der Waals surface area contributed by atoms with Gasteiger partial charge < -0.3 is 9.47 Å². The highest BCUT2D eigenvalue weighted by atomic mass is 32.2. The number of thioether (sulfide) groups is 2. The highest BCUT2D eigenvalue weighted by Crippen LogP contribution is 2.47. The zero-order valence-corrected chi connectivity index (χ0v) is 21.6. The molecule has 2 atom stereocenters. The summed E-state index contributed by atoms with van der Waals surface area (Å²) in [5, 5.41) is 0. The predicted molar refractivity (Wildman–Crippen MR) is 129 cm³/mol. The van der Waals surface area contributed by atoms with Crippen LogP contribution in [0.15, 0.2) is 0 Å². The van der Waals surface area contributed by atoms with E-state index in [1.54, 1.807) is 0 Å². The SMILES string of the molecule is CC(C)(C)OC(=O)N1C(CC2CCCCC2)C(CCC2(C)SCCCS2)OC1(C)C. The summed E-state index contributed by atoms with van der Waals surface area (Å²) in [5.41, 5.74) is -1.12. The molecule has 4 nitrogen and oxygen atoms in total. The lowest BCUT2D eigenvalue weighted by atomic mass is 9.83. The zero-order chi connectivity index (χ0) is 22.0. The zero-order valence-electron chi connectivity index (χ0n) is 20.0. The topological polar surface area (TPSA) is 38.8 Å². The second-order valence-corrected chi connectivity index (χ2v) is 14.4. The van der Waals surface area contributed by atoms with Crippen molar-refractivity contribution in [2.45, 2.75) is 127 Å². The van der Waals surface area contributed by atoms with Crippen LogP contribution >= 0.6 is 23.5 Å². The summed E-state index contributed by atoms with van der Waals surface area (Å²) in [7, 11) is 0. The molecular formula is C24H43NO3S2. The van der Waals surface area contributed by atoms with Gasteiger partial charge in [-0.15, -0.1) is 23.5 Å². The molecule has 0 bridgehead atoms. The molecule has 1 amide bonds. The summed E-state index contributed by atoms with van der Waals surface area (Å²) in [6.45, 7) is 12.3. The van der Waals surface area contributed by atoms with Crippen molar-refractivity contribution in [3.63, 3.8) is 0 Å². The van der Waals surface area contributed by atoms with Gasteiger partial charge in [0.15, 0.2) is 0 Å². The number of carbonyl (C=O) groups is 1. The van der Waals surface area contributed by atoms with Crippen LogP contribution in [0.1, 0.15) is 99.3 Å². The van der Waals surface area contributed by atoms with Crippen molar-refractivity contribution in [3.05, 3.63) is 0 Å². The highest BCUT2D eigenvalue weighted by Gasteiger charge is 2.51. The van der Waals surface area contributed by atoms with Gasteiger partial charge in [-0.3, -0.25) is 4.90 Å². The molecule has 3 aliphatic rings. The molecule has 2 saturated heterocycles. The lowest BCUT2D eigenvalue weighted by Crippen LogP contribution is -2.50. The maximum absolute atomic E-state index is 13.3. The van der Waals surface area contributed by atoms with E-state index in [0.717, 1.165) is 19.3 Å². The second kappa shape index (κ2) is 9.82. The maximum Gasteiger partial charge on any atom is 0.412 e. The number of hydrogen-bond donors (Lipinski definition) is 0. The molecule has 1 saturated carbocycles. The summed E-state index contributed by atoms with van der Waals surface area (Å²) < 4.78 is 12.7. The Kier molecular flexibility index (Phi) is 8.05. The van der Waals surface area contributed by atoms with Gasteiger partial charge in [-0.25, -0.2) is 4.79 Å². The number of rotatable bonds is 5. The monoisotopic (exact) mass is 457 g/mol. The first kappa shape index (κ1) is 24.6. The normalized spacial score (nSPS) is 29.7. The molecule has 0 aromatic heterocycles. The van der Waals surface area contributed by atoms with Crippen LogP contribution in [0.5, 0.6) is 0 Å². The molecule has 2 unspecified atom stereocenters. The van der Waals surface area contributed by atoms with E-state index in [1.165, 1.54) is 50.0 Å². The van der Waals surface area contributed by atoms with Crippen molar-refractivity contribution in [3.8, 4) is 0 Å². The van der Waals surface area contributed by atoms with Crippen molar-refractivity contribution >= 4 is 29.6 Å². The molecule has 0 spiro atoms. The Balaban J connectivity index is 1.75. The van der Waals surface area contributed by atoms with Crippen molar-refractivity contribution in [2.75, 3.05) is 11.5 Å². The van der Waals surface area contributed by atoms with Crippen LogP contribution in [0.25, 0.3) is 0 Å². The van der Waals surface area contributed by atoms with E-state index in [1.807, 2.05) is 39.5 Å². The molecule has 2 heterocycles. The number of carbonyl (C=O) groups excluding carboxylic acids is 1. The minimum atomic E-state index is -0.625. The van der Waals surface area contributed by atoms with E-state index in [2.05, 4.69) is 30.4 Å². The average molecular weight is 458 g/mol. The summed E-state index contributed by atoms with van der Waals surface area (Å²) in [5.74, 6) is 3.22. The van der Waals surface area contributed by atoms with E-state index in [9.17, 15) is 4.79 Å². The number of amides is 1. The minimum absolute atomic E-state index is 0.0920. The molecule has 0 aromatic carbocycles. The van der Waals surface area contributed by atoms with E-state index >= 15 is 0 Å². The molecule has 30 heavy (non-hydrogen) atoms. The van der Waals surface area contributed by atoms with Gasteiger partial charge in [0.1, 0.15) is 11.3 Å². The molecule has 1 aliphatic carbocycles. The first-order valence-corrected chi connectivity index (χ1v) is 13.9. The van der Waals surface area contributed by atoms with Crippen LogP contribution in [-0.4, -0.2) is 50.0 Å². The van der Waals surface area contributed by atoms with E-state index in [4.69, 9.17) is 9.47 Å². The average Bonchev–Trinajstić information content (AvgIpc) is 2.90. The molecule has 3 fully saturated rings. The molecular weight excluding hydrogens is 414 g/mol. The Labute approximate surface area is 193 Å². The van der Waals surface area contributed by atoms with Gasteiger partial charge >= 0.3 is 6.09 Å². The number of hydrogen-bond acceptors (Lipinski definition) is 5. The van der Waals surface area contributed by atoms with Gasteiger partial charge in [-0.1, -0.05) is 32.1 Å². The number of ether oxygens (including phenoxy) is 2. The standard InChI is InChI=1S/C24H43NO3S2/c1-22(2,3)28-21(26)25-19(17-18-11-8-7-9-12-18)20(27-23(25,4)5)13-14-24(6)29-15-10-16-30-24/h18-20H,7-17H2,1-6H3. The Bertz CT molecular complexity index is 577. The van der Waals surface area contributed by atoms with Gasteiger partial charge in [0.25, 0.3) is 0 Å². The molecule has 0 N–H and O–H groups in total. The summed E-state index contributed by atoms with van der Waals surface area (Å²) >= 11 is 4.21. The fourth-order valence-electron chi connectivity index (χ4n) is 5.24. The fourth-order valence-corrected chi connectivity index (χ4v) is 8.22. The molecule has 2 aliphatic heterocycles. The lowest BCUT2D eigenvalue weighted by Gasteiger charge is -2.37. The van der Waals surface area contributed by atoms with Crippen molar-refractivity contribution in [1.29, 1.82) is 0 Å². The Hall–Kier alpha value is -0.0700. The predicted octanol–water partition coefficient (Wildman–Crippen LogP) is 7.06. The highest BCUT2D eigenvalue weighted by molar-refractivity contribution is 8.18. The van der Waals surface area contributed by atoms with Crippen molar-refractivity contribution in [1.82, 2.24) is 4.90 Å². The molecule has 3 rings (SSSR count). The smallest absolute Gasteiger partial charge is 0.412 e. The van der Waals surface area contributed by atoms with Crippen LogP contribution in [0.4, 0.5) is 4.79 Å². The largest absolute Gasteiger partial charge is 0.444 e. The third kappa shape index (κ3) is 6.48. The second-order valence-electron chi connectivity index (χ2n) is 11.0. The van der Waals surface area contributed by atoms with E-state index < -0.39 is 11.3 Å². The first-order chi connectivity index (χ1) is 14.0. The Morgan fingerprint density at radius 2 is 1.70 bits per heavy atom. The number of nitrogens with zero attached hydrogens (tertiary/aromatic N) is 1. The Morgan fingerprint density at radius 1 is 1.07 bits per heavy atom. The molecule has 0 radical (unpaired) electrons. The summed E-state index contributed by atoms with van der Waals surface area (Å²) in [6, 6.07) is 0.111. The van der Waals surface area contributed by atoms with Gasteiger partial charge in [0.2, 0.25) is 0 Å². The van der Waals surface area contributed by atoms with Gasteiger partial charge in [0, 0.05) is 0 Å². The first-order valence-electron chi connectivity index (χ1n) is 12.0. The van der Waals surface area contributed by atoms with Crippen molar-refractivity contribution < 1.29 is 14.3 Å². The van der Waals surface area contributed by atoms with Crippen LogP contribution < -0.4 is 0 Å². The third-order valence-electron chi connectivity index (χ3n) is 6.66. The lowest BCUT2D eigenvalue weighted by molar-refractivity contribution is -0.0802. The maximum atomic E-state index is 13.3. The summed E-state index contributed by atoms with van der Waals surface area (Å²) in [6.07, 6.45) is 11.0. The molecule has 6 heteroatoms. The Morgan fingerprint density at radius 3 is 2.30 bits per heavy atom. The fraction of sp³-hybridized carbons (Fsp3) is 0.958. The molecule has 174 valence electrons. The molecule has 0 aromatic rings.